The zero-order valence-corrected chi connectivity index (χ0v) is 18.1. The number of hydrogen-bond acceptors (Lipinski definition) is 5. The van der Waals surface area contributed by atoms with Gasteiger partial charge in [-0.05, 0) is 18.1 Å². The summed E-state index contributed by atoms with van der Waals surface area (Å²) in [6, 6.07) is 18.3. The Labute approximate surface area is 178 Å². The molecule has 4 aromatic rings. The molecule has 0 aliphatic rings. The number of fused-ring (bicyclic) bond motifs is 1. The topological polar surface area (TPSA) is 46.1 Å². The predicted molar refractivity (Wildman–Crippen MR) is 121 cm³/mol. The van der Waals surface area contributed by atoms with Gasteiger partial charge in [0.05, 0.1) is 5.39 Å². The van der Waals surface area contributed by atoms with Gasteiger partial charge in [-0.25, -0.2) is 9.97 Å². The Balaban J connectivity index is 1.81. The molecule has 1 amide bonds. The lowest BCUT2D eigenvalue weighted by Gasteiger charge is -2.20. The van der Waals surface area contributed by atoms with Crippen molar-refractivity contribution in [1.82, 2.24) is 14.9 Å². The van der Waals surface area contributed by atoms with E-state index >= 15 is 0 Å². The van der Waals surface area contributed by atoms with Crippen LogP contribution in [-0.2, 0) is 4.79 Å². The number of hydrogen-bond donors (Lipinski definition) is 0. The van der Waals surface area contributed by atoms with Gasteiger partial charge >= 0.3 is 0 Å². The summed E-state index contributed by atoms with van der Waals surface area (Å²) in [6.07, 6.45) is 1.59. The SMILES string of the molecule is Cc1ccc(-c2csc3ncnc(S[C@@H](C(=O)N(C)C)c4ccccc4)c23)cc1. The number of benzene rings is 2. The summed E-state index contributed by atoms with van der Waals surface area (Å²) in [5, 5.41) is 3.60. The molecule has 0 saturated carbocycles. The van der Waals surface area contributed by atoms with Crippen molar-refractivity contribution in [2.75, 3.05) is 14.1 Å². The second kappa shape index (κ2) is 8.35. The molecule has 0 radical (unpaired) electrons. The molecule has 0 unspecified atom stereocenters. The highest BCUT2D eigenvalue weighted by atomic mass is 32.2. The van der Waals surface area contributed by atoms with E-state index in [1.165, 1.54) is 17.3 Å². The van der Waals surface area contributed by atoms with Gasteiger partial charge in [-0.2, -0.15) is 0 Å². The van der Waals surface area contributed by atoms with Gasteiger partial charge < -0.3 is 4.90 Å². The van der Waals surface area contributed by atoms with Crippen LogP contribution in [-0.4, -0.2) is 34.9 Å². The van der Waals surface area contributed by atoms with Gasteiger partial charge in [0.15, 0.2) is 0 Å². The number of thiophene rings is 1. The van der Waals surface area contributed by atoms with Crippen LogP contribution in [0.25, 0.3) is 21.3 Å². The molecule has 29 heavy (non-hydrogen) atoms. The van der Waals surface area contributed by atoms with Gasteiger partial charge in [0, 0.05) is 25.0 Å². The molecular weight excluding hydrogens is 398 g/mol. The minimum absolute atomic E-state index is 0.0417. The highest BCUT2D eigenvalue weighted by molar-refractivity contribution is 8.00. The van der Waals surface area contributed by atoms with Crippen LogP contribution < -0.4 is 0 Å². The molecule has 0 saturated heterocycles. The van der Waals surface area contributed by atoms with E-state index in [0.29, 0.717) is 0 Å². The van der Waals surface area contributed by atoms with Crippen molar-refractivity contribution >= 4 is 39.2 Å². The fourth-order valence-corrected chi connectivity index (χ4v) is 5.36. The molecule has 2 aromatic heterocycles. The van der Waals surface area contributed by atoms with Crippen LogP contribution in [0, 0.1) is 6.92 Å². The largest absolute Gasteiger partial charge is 0.348 e. The average Bonchev–Trinajstić information content (AvgIpc) is 3.17. The summed E-state index contributed by atoms with van der Waals surface area (Å²) >= 11 is 3.09. The highest BCUT2D eigenvalue weighted by Crippen LogP contribution is 2.43. The van der Waals surface area contributed by atoms with Crippen LogP contribution in [0.3, 0.4) is 0 Å². The molecule has 0 N–H and O–H groups in total. The van der Waals surface area contributed by atoms with Crippen molar-refractivity contribution in [2.24, 2.45) is 0 Å². The first kappa shape index (κ1) is 19.6. The summed E-state index contributed by atoms with van der Waals surface area (Å²) in [5.41, 5.74) is 4.43. The zero-order chi connectivity index (χ0) is 20.4. The molecule has 2 aromatic carbocycles. The van der Waals surface area contributed by atoms with Crippen LogP contribution in [0.1, 0.15) is 16.4 Å². The number of carbonyl (C=O) groups excluding carboxylic acids is 1. The van der Waals surface area contributed by atoms with Crippen molar-refractivity contribution in [2.45, 2.75) is 17.2 Å². The predicted octanol–water partition coefficient (Wildman–Crippen LogP) is 5.59. The smallest absolute Gasteiger partial charge is 0.240 e. The standard InChI is InChI=1S/C23H21N3OS2/c1-15-9-11-16(12-10-15)18-13-28-21-19(18)22(25-14-24-21)29-20(23(27)26(2)3)17-7-5-4-6-8-17/h4-14,20H,1-3H3/t20-/m1/s1. The summed E-state index contributed by atoms with van der Waals surface area (Å²) in [6.45, 7) is 2.08. The van der Waals surface area contributed by atoms with E-state index < -0.39 is 0 Å². The van der Waals surface area contributed by atoms with Crippen molar-refractivity contribution in [3.05, 3.63) is 77.4 Å². The van der Waals surface area contributed by atoms with Crippen LogP contribution in [0.5, 0.6) is 0 Å². The molecule has 0 spiro atoms. The third kappa shape index (κ3) is 4.04. The van der Waals surface area contributed by atoms with Crippen molar-refractivity contribution in [3.63, 3.8) is 0 Å². The van der Waals surface area contributed by atoms with Crippen LogP contribution in [0.15, 0.2) is 71.3 Å². The Bertz CT molecular complexity index is 1140. The Morgan fingerprint density at radius 2 is 1.76 bits per heavy atom. The van der Waals surface area contributed by atoms with Crippen LogP contribution in [0.2, 0.25) is 0 Å². The third-order valence-corrected chi connectivity index (χ3v) is 6.82. The highest BCUT2D eigenvalue weighted by Gasteiger charge is 2.26. The Morgan fingerprint density at radius 1 is 1.03 bits per heavy atom. The van der Waals surface area contributed by atoms with E-state index in [4.69, 9.17) is 0 Å². The summed E-state index contributed by atoms with van der Waals surface area (Å²) in [5.74, 6) is 0.0417. The first-order valence-corrected chi connectivity index (χ1v) is 11.0. The Kier molecular flexibility index (Phi) is 5.65. The van der Waals surface area contributed by atoms with Crippen molar-refractivity contribution in [1.29, 1.82) is 0 Å². The Hall–Kier alpha value is -2.70. The van der Waals surface area contributed by atoms with E-state index in [1.807, 2.05) is 30.3 Å². The lowest BCUT2D eigenvalue weighted by molar-refractivity contribution is -0.128. The average molecular weight is 420 g/mol. The number of thioether (sulfide) groups is 1. The van der Waals surface area contributed by atoms with Crippen LogP contribution in [0.4, 0.5) is 0 Å². The summed E-state index contributed by atoms with van der Waals surface area (Å²) in [4.78, 5) is 24.6. The second-order valence-corrected chi connectivity index (χ2v) is 8.97. The van der Waals surface area contributed by atoms with E-state index in [-0.39, 0.29) is 11.2 Å². The molecule has 1 atom stereocenters. The molecule has 6 heteroatoms. The molecule has 2 heterocycles. The number of nitrogens with zero attached hydrogens (tertiary/aromatic N) is 3. The maximum Gasteiger partial charge on any atom is 0.240 e. The van der Waals surface area contributed by atoms with Gasteiger partial charge in [-0.1, -0.05) is 71.9 Å². The lowest BCUT2D eigenvalue weighted by Crippen LogP contribution is -2.26. The van der Waals surface area contributed by atoms with Gasteiger partial charge in [0.2, 0.25) is 5.91 Å². The number of carbonyl (C=O) groups is 1. The van der Waals surface area contributed by atoms with Crippen molar-refractivity contribution in [3.8, 4) is 11.1 Å². The Morgan fingerprint density at radius 3 is 2.45 bits per heavy atom. The maximum absolute atomic E-state index is 13.0. The second-order valence-electron chi connectivity index (χ2n) is 7.02. The maximum atomic E-state index is 13.0. The quantitative estimate of drug-likeness (QED) is 0.313. The van der Waals surface area contributed by atoms with Gasteiger partial charge in [0.25, 0.3) is 0 Å². The number of rotatable bonds is 5. The monoisotopic (exact) mass is 419 g/mol. The van der Waals surface area contributed by atoms with Crippen LogP contribution >= 0.6 is 23.1 Å². The molecule has 4 nitrogen and oxygen atoms in total. The normalized spacial score (nSPS) is 12.1. The molecule has 4 rings (SSSR count). The molecule has 146 valence electrons. The fourth-order valence-electron chi connectivity index (χ4n) is 3.12. The lowest BCUT2D eigenvalue weighted by atomic mass is 10.1. The van der Waals surface area contributed by atoms with Gasteiger partial charge in [-0.3, -0.25) is 4.79 Å². The van der Waals surface area contributed by atoms with Crippen molar-refractivity contribution < 1.29 is 4.79 Å². The molecule has 0 aliphatic carbocycles. The molecular formula is C23H21N3OS2. The first-order valence-electron chi connectivity index (χ1n) is 9.26. The minimum Gasteiger partial charge on any atom is -0.348 e. The van der Waals surface area contributed by atoms with E-state index in [0.717, 1.165) is 31.9 Å². The summed E-state index contributed by atoms with van der Waals surface area (Å²) in [7, 11) is 3.58. The minimum atomic E-state index is -0.366. The molecule has 0 bridgehead atoms. The van der Waals surface area contributed by atoms with Gasteiger partial charge in [-0.15, -0.1) is 11.3 Å². The number of aromatic nitrogens is 2. The third-order valence-electron chi connectivity index (χ3n) is 4.69. The fraction of sp³-hybridized carbons (Fsp3) is 0.174. The summed E-state index contributed by atoms with van der Waals surface area (Å²) < 4.78 is 0. The number of amides is 1. The number of aryl methyl sites for hydroxylation is 1. The van der Waals surface area contributed by atoms with E-state index in [1.54, 1.807) is 36.7 Å². The molecule has 0 aliphatic heterocycles. The first-order chi connectivity index (χ1) is 14.0. The van der Waals surface area contributed by atoms with E-state index in [9.17, 15) is 4.79 Å². The van der Waals surface area contributed by atoms with E-state index in [2.05, 4.69) is 46.5 Å². The zero-order valence-electron chi connectivity index (χ0n) is 16.5. The number of likely N-dealkylation sites (N-methyl/N-ethyl adjacent to an activating group) is 1. The van der Waals surface area contributed by atoms with Gasteiger partial charge in [0.1, 0.15) is 21.4 Å². The molecule has 0 fully saturated rings.